The lowest BCUT2D eigenvalue weighted by Gasteiger charge is -2.35. The van der Waals surface area contributed by atoms with Crippen molar-refractivity contribution in [3.05, 3.63) is 36.5 Å². The number of ether oxygens (including phenoxy) is 2. The average molecular weight is 414 g/mol. The van der Waals surface area contributed by atoms with Gasteiger partial charge in [-0.05, 0) is 29.9 Å². The van der Waals surface area contributed by atoms with Gasteiger partial charge < -0.3 is 19.7 Å². The van der Waals surface area contributed by atoms with E-state index < -0.39 is 11.5 Å². The maximum absolute atomic E-state index is 13.4. The molecule has 1 aromatic carbocycles. The molecule has 0 unspecified atom stereocenters. The number of nitrogens with zero attached hydrogens (tertiary/aromatic N) is 2. The lowest BCUT2D eigenvalue weighted by atomic mass is 9.85. The first-order valence-electron chi connectivity index (χ1n) is 10.3. The zero-order valence-corrected chi connectivity index (χ0v) is 18.3. The molecular formula is C23H31N3O4. The molecule has 2 aromatic rings. The van der Waals surface area contributed by atoms with E-state index in [0.29, 0.717) is 18.8 Å². The standard InChI is InChI=1S/C23H31N3O4/c1-15-12-17(30-21-18-9-7-6-8-16(18)10-11-24-21)13-26(15)22(28)20(23(2,3)4)25-19(27)14-29-5/h6-11,15,17,20H,12-14H2,1-5H3,(H,25,27)/t15-,17-,20-/m1/s1. The van der Waals surface area contributed by atoms with E-state index in [9.17, 15) is 9.59 Å². The normalized spacial score (nSPS) is 20.2. The Morgan fingerprint density at radius 3 is 2.70 bits per heavy atom. The zero-order valence-electron chi connectivity index (χ0n) is 18.3. The molecule has 30 heavy (non-hydrogen) atoms. The summed E-state index contributed by atoms with van der Waals surface area (Å²) in [7, 11) is 1.46. The van der Waals surface area contributed by atoms with Crippen LogP contribution in [0.5, 0.6) is 5.88 Å². The molecule has 1 aliphatic heterocycles. The van der Waals surface area contributed by atoms with E-state index in [1.54, 1.807) is 11.1 Å². The molecule has 2 amide bonds. The Hall–Kier alpha value is -2.67. The number of rotatable bonds is 6. The minimum atomic E-state index is -0.642. The highest BCUT2D eigenvalue weighted by molar-refractivity contribution is 5.89. The second-order valence-electron chi connectivity index (χ2n) is 8.95. The summed E-state index contributed by atoms with van der Waals surface area (Å²) in [4.78, 5) is 31.7. The number of fused-ring (bicyclic) bond motifs is 1. The molecular weight excluding hydrogens is 382 g/mol. The number of pyridine rings is 1. The fourth-order valence-corrected chi connectivity index (χ4v) is 3.87. The third-order valence-electron chi connectivity index (χ3n) is 5.43. The van der Waals surface area contributed by atoms with Gasteiger partial charge in [-0.2, -0.15) is 0 Å². The molecule has 0 saturated carbocycles. The predicted molar refractivity (Wildman–Crippen MR) is 115 cm³/mol. The molecule has 3 rings (SSSR count). The van der Waals surface area contributed by atoms with Gasteiger partial charge in [0.25, 0.3) is 0 Å². The van der Waals surface area contributed by atoms with Crippen molar-refractivity contribution in [3.8, 4) is 5.88 Å². The van der Waals surface area contributed by atoms with E-state index in [0.717, 1.165) is 10.8 Å². The van der Waals surface area contributed by atoms with Gasteiger partial charge in [-0.15, -0.1) is 0 Å². The van der Waals surface area contributed by atoms with Crippen LogP contribution in [0.3, 0.4) is 0 Å². The monoisotopic (exact) mass is 413 g/mol. The highest BCUT2D eigenvalue weighted by atomic mass is 16.5. The van der Waals surface area contributed by atoms with Gasteiger partial charge in [-0.3, -0.25) is 9.59 Å². The Morgan fingerprint density at radius 1 is 1.27 bits per heavy atom. The SMILES string of the molecule is COCC(=O)N[C@H](C(=O)N1C[C@H](Oc2nccc3ccccc23)C[C@H]1C)C(C)(C)C. The molecule has 162 valence electrons. The first kappa shape index (κ1) is 22.0. The highest BCUT2D eigenvalue weighted by Gasteiger charge is 2.41. The molecule has 0 bridgehead atoms. The Balaban J connectivity index is 1.74. The van der Waals surface area contributed by atoms with Gasteiger partial charge in [0.15, 0.2) is 0 Å². The smallest absolute Gasteiger partial charge is 0.246 e. The van der Waals surface area contributed by atoms with Gasteiger partial charge in [-0.1, -0.05) is 39.0 Å². The molecule has 7 nitrogen and oxygen atoms in total. The summed E-state index contributed by atoms with van der Waals surface area (Å²) in [6.07, 6.45) is 2.29. The minimum absolute atomic E-state index is 0.00153. The fraction of sp³-hybridized carbons (Fsp3) is 0.522. The van der Waals surface area contributed by atoms with Crippen LogP contribution in [0.15, 0.2) is 36.5 Å². The first-order chi connectivity index (χ1) is 14.2. The molecule has 3 atom stereocenters. The van der Waals surface area contributed by atoms with Crippen LogP contribution in [-0.2, 0) is 14.3 Å². The van der Waals surface area contributed by atoms with E-state index in [1.807, 2.05) is 58.0 Å². The van der Waals surface area contributed by atoms with Crippen molar-refractivity contribution in [3.63, 3.8) is 0 Å². The summed E-state index contributed by atoms with van der Waals surface area (Å²) in [5.74, 6) is 0.183. The maximum Gasteiger partial charge on any atom is 0.246 e. The summed E-state index contributed by atoms with van der Waals surface area (Å²) in [5, 5.41) is 4.86. The number of carbonyl (C=O) groups excluding carboxylic acids is 2. The third-order valence-corrected chi connectivity index (χ3v) is 5.43. The molecule has 0 aliphatic carbocycles. The van der Waals surface area contributed by atoms with Crippen molar-refractivity contribution in [2.75, 3.05) is 20.3 Å². The molecule has 1 saturated heterocycles. The number of methoxy groups -OCH3 is 1. The number of aromatic nitrogens is 1. The Labute approximate surface area is 177 Å². The van der Waals surface area contributed by atoms with Crippen LogP contribution >= 0.6 is 0 Å². The zero-order chi connectivity index (χ0) is 21.9. The number of benzene rings is 1. The maximum atomic E-state index is 13.4. The Kier molecular flexibility index (Phi) is 6.61. The molecule has 1 fully saturated rings. The van der Waals surface area contributed by atoms with Gasteiger partial charge in [0, 0.05) is 31.2 Å². The van der Waals surface area contributed by atoms with Gasteiger partial charge >= 0.3 is 0 Å². The van der Waals surface area contributed by atoms with Crippen molar-refractivity contribution in [2.24, 2.45) is 5.41 Å². The molecule has 0 radical (unpaired) electrons. The number of likely N-dealkylation sites (tertiary alicyclic amines) is 1. The quantitative estimate of drug-likeness (QED) is 0.788. The minimum Gasteiger partial charge on any atom is -0.472 e. The Morgan fingerprint density at radius 2 is 2.00 bits per heavy atom. The van der Waals surface area contributed by atoms with Crippen molar-refractivity contribution in [2.45, 2.75) is 52.3 Å². The van der Waals surface area contributed by atoms with Gasteiger partial charge in [-0.25, -0.2) is 4.98 Å². The lowest BCUT2D eigenvalue weighted by Crippen LogP contribution is -2.56. The topological polar surface area (TPSA) is 80.8 Å². The highest BCUT2D eigenvalue weighted by Crippen LogP contribution is 2.29. The number of amides is 2. The second kappa shape index (κ2) is 9.00. The van der Waals surface area contributed by atoms with Crippen molar-refractivity contribution < 1.29 is 19.1 Å². The van der Waals surface area contributed by atoms with Crippen LogP contribution in [0, 0.1) is 5.41 Å². The largest absolute Gasteiger partial charge is 0.472 e. The second-order valence-corrected chi connectivity index (χ2v) is 8.95. The number of carbonyl (C=O) groups is 2. The van der Waals surface area contributed by atoms with Crippen molar-refractivity contribution in [1.29, 1.82) is 0 Å². The molecule has 1 aliphatic rings. The van der Waals surface area contributed by atoms with E-state index in [4.69, 9.17) is 9.47 Å². The van der Waals surface area contributed by atoms with E-state index in [-0.39, 0.29) is 30.6 Å². The summed E-state index contributed by atoms with van der Waals surface area (Å²) in [5.41, 5.74) is -0.434. The summed E-state index contributed by atoms with van der Waals surface area (Å²) in [6.45, 7) is 8.21. The van der Waals surface area contributed by atoms with Crippen LogP contribution in [0.4, 0.5) is 0 Å². The van der Waals surface area contributed by atoms with Gasteiger partial charge in [0.05, 0.1) is 6.54 Å². The van der Waals surface area contributed by atoms with Crippen LogP contribution in [-0.4, -0.2) is 60.1 Å². The van der Waals surface area contributed by atoms with Crippen LogP contribution < -0.4 is 10.1 Å². The summed E-state index contributed by atoms with van der Waals surface area (Å²) < 4.78 is 11.1. The number of nitrogens with one attached hydrogen (secondary N) is 1. The van der Waals surface area contributed by atoms with Gasteiger partial charge in [0.2, 0.25) is 17.7 Å². The molecule has 1 aromatic heterocycles. The van der Waals surface area contributed by atoms with Crippen LogP contribution in [0.25, 0.3) is 10.8 Å². The third kappa shape index (κ3) is 4.90. The first-order valence-corrected chi connectivity index (χ1v) is 10.3. The molecule has 1 N–H and O–H groups in total. The van der Waals surface area contributed by atoms with Crippen molar-refractivity contribution in [1.82, 2.24) is 15.2 Å². The molecule has 7 heteroatoms. The number of hydrogen-bond donors (Lipinski definition) is 1. The average Bonchev–Trinajstić information content (AvgIpc) is 3.05. The van der Waals surface area contributed by atoms with E-state index >= 15 is 0 Å². The fourth-order valence-electron chi connectivity index (χ4n) is 3.87. The summed E-state index contributed by atoms with van der Waals surface area (Å²) in [6, 6.07) is 9.26. The number of hydrogen-bond acceptors (Lipinski definition) is 5. The van der Waals surface area contributed by atoms with Crippen molar-refractivity contribution >= 4 is 22.6 Å². The van der Waals surface area contributed by atoms with Crippen LogP contribution in [0.2, 0.25) is 0 Å². The summed E-state index contributed by atoms with van der Waals surface area (Å²) >= 11 is 0. The van der Waals surface area contributed by atoms with E-state index in [2.05, 4.69) is 10.3 Å². The lowest BCUT2D eigenvalue weighted by molar-refractivity contribution is -0.141. The Bertz CT molecular complexity index is 903. The molecule has 2 heterocycles. The molecule has 0 spiro atoms. The van der Waals surface area contributed by atoms with E-state index in [1.165, 1.54) is 7.11 Å². The van der Waals surface area contributed by atoms with Gasteiger partial charge in [0.1, 0.15) is 18.8 Å². The van der Waals surface area contributed by atoms with Crippen LogP contribution in [0.1, 0.15) is 34.1 Å². The predicted octanol–water partition coefficient (Wildman–Crippen LogP) is 2.78.